The van der Waals surface area contributed by atoms with E-state index in [0.717, 1.165) is 22.8 Å². The molecule has 20 heavy (non-hydrogen) atoms. The summed E-state index contributed by atoms with van der Waals surface area (Å²) in [5, 5.41) is 20.4. The molecule has 2 heterocycles. The summed E-state index contributed by atoms with van der Waals surface area (Å²) in [4.78, 5) is 0. The van der Waals surface area contributed by atoms with E-state index in [1.807, 2.05) is 24.3 Å². The molecule has 0 aromatic carbocycles. The summed E-state index contributed by atoms with van der Waals surface area (Å²) in [6, 6.07) is -1.25. The standard InChI is InChI=1S/C12H10Cl2N4OS/c13-9-10(17-20-11(9)14)8-5-7(6-3-1-2-4-6)16-18(8)12(15)19/h1-4,8,16H,5H2,(H2,15,19)/p-1. The summed E-state index contributed by atoms with van der Waals surface area (Å²) in [5.74, 6) is 0. The number of nitrogens with zero attached hydrogens (tertiary/aromatic N) is 2. The van der Waals surface area contributed by atoms with Crippen LogP contribution in [-0.4, -0.2) is 15.4 Å². The summed E-state index contributed by atoms with van der Waals surface area (Å²) in [6.45, 7) is 0. The van der Waals surface area contributed by atoms with Gasteiger partial charge in [0.25, 0.3) is 0 Å². The predicted molar refractivity (Wildman–Crippen MR) is 77.5 cm³/mol. The monoisotopic (exact) mass is 327 g/mol. The molecule has 2 N–H and O–H groups in total. The fraction of sp³-hybridized carbons (Fsp3) is 0.167. The van der Waals surface area contributed by atoms with Gasteiger partial charge in [-0.3, -0.25) is 10.4 Å². The van der Waals surface area contributed by atoms with Gasteiger partial charge in [-0.05, 0) is 17.1 Å². The second-order valence-electron chi connectivity index (χ2n) is 4.31. The van der Waals surface area contributed by atoms with Crippen LogP contribution in [0.3, 0.4) is 0 Å². The van der Waals surface area contributed by atoms with Gasteiger partial charge < -0.3 is 10.5 Å². The lowest BCUT2D eigenvalue weighted by Gasteiger charge is -2.28. The van der Waals surface area contributed by atoms with Gasteiger partial charge in [0.2, 0.25) is 0 Å². The highest BCUT2D eigenvalue weighted by molar-refractivity contribution is 7.11. The number of aromatic nitrogens is 1. The molecule has 1 aromatic rings. The number of amidine groups is 1. The first-order valence-corrected chi connectivity index (χ1v) is 7.30. The maximum absolute atomic E-state index is 11.5. The van der Waals surface area contributed by atoms with E-state index in [4.69, 9.17) is 28.6 Å². The molecule has 0 spiro atoms. The van der Waals surface area contributed by atoms with Crippen LogP contribution in [0.15, 0.2) is 35.6 Å². The molecule has 1 atom stereocenters. The highest BCUT2D eigenvalue weighted by Crippen LogP contribution is 2.40. The molecular formula is C12H9Cl2N4OS-. The molecule has 1 unspecified atom stereocenters. The van der Waals surface area contributed by atoms with E-state index in [2.05, 4.69) is 9.80 Å². The minimum Gasteiger partial charge on any atom is -0.845 e. The lowest BCUT2D eigenvalue weighted by Crippen LogP contribution is -2.44. The second-order valence-corrected chi connectivity index (χ2v) is 6.07. The number of hydrogen-bond donors (Lipinski definition) is 2. The van der Waals surface area contributed by atoms with Gasteiger partial charge in [0, 0.05) is 12.1 Å². The highest BCUT2D eigenvalue weighted by atomic mass is 35.5. The van der Waals surface area contributed by atoms with E-state index in [1.54, 1.807) is 0 Å². The van der Waals surface area contributed by atoms with Crippen molar-refractivity contribution in [2.75, 3.05) is 0 Å². The van der Waals surface area contributed by atoms with E-state index < -0.39 is 12.1 Å². The normalized spacial score (nSPS) is 20.9. The van der Waals surface area contributed by atoms with Gasteiger partial charge in [0.15, 0.2) is 0 Å². The van der Waals surface area contributed by atoms with E-state index >= 15 is 0 Å². The smallest absolute Gasteiger partial charge is 0.132 e. The molecule has 1 aromatic heterocycles. The SMILES string of the molecule is N=C([O-])N1NC(=C2C=CC=C2)CC1c1nsc(Cl)c1Cl. The third kappa shape index (κ3) is 2.19. The number of allylic oxidation sites excluding steroid dienone is 5. The first kappa shape index (κ1) is 13.5. The molecule has 3 rings (SSSR count). The van der Waals surface area contributed by atoms with Crippen LogP contribution in [0.25, 0.3) is 0 Å². The molecule has 1 aliphatic heterocycles. The van der Waals surface area contributed by atoms with E-state index in [1.165, 1.54) is 5.01 Å². The topological polar surface area (TPSA) is 75.1 Å². The molecule has 104 valence electrons. The van der Waals surface area contributed by atoms with Crippen molar-refractivity contribution in [3.63, 3.8) is 0 Å². The number of hydrogen-bond acceptors (Lipinski definition) is 5. The largest absolute Gasteiger partial charge is 0.845 e. The number of hydrazine groups is 1. The van der Waals surface area contributed by atoms with Gasteiger partial charge in [-0.2, -0.15) is 4.37 Å². The van der Waals surface area contributed by atoms with Crippen molar-refractivity contribution in [1.82, 2.24) is 14.8 Å². The lowest BCUT2D eigenvalue weighted by atomic mass is 10.1. The average molecular weight is 328 g/mol. The third-order valence-corrected chi connectivity index (χ3v) is 4.77. The van der Waals surface area contributed by atoms with E-state index in [0.29, 0.717) is 21.5 Å². The summed E-state index contributed by atoms with van der Waals surface area (Å²) < 4.78 is 4.58. The number of halogens is 2. The molecule has 5 nitrogen and oxygen atoms in total. The number of nitrogens with one attached hydrogen (secondary N) is 2. The zero-order valence-corrected chi connectivity index (χ0v) is 12.4. The van der Waals surface area contributed by atoms with Crippen molar-refractivity contribution in [1.29, 1.82) is 5.41 Å². The minimum absolute atomic E-state index is 0.346. The predicted octanol–water partition coefficient (Wildman–Crippen LogP) is 2.38. The molecule has 0 saturated carbocycles. The van der Waals surface area contributed by atoms with E-state index in [-0.39, 0.29) is 0 Å². The summed E-state index contributed by atoms with van der Waals surface area (Å²) >= 11 is 13.1. The van der Waals surface area contributed by atoms with Gasteiger partial charge in [-0.1, -0.05) is 47.5 Å². The Kier molecular flexibility index (Phi) is 3.45. The van der Waals surface area contributed by atoms with Crippen LogP contribution in [0.5, 0.6) is 0 Å². The Labute approximate surface area is 129 Å². The summed E-state index contributed by atoms with van der Waals surface area (Å²) in [7, 11) is 0. The van der Waals surface area contributed by atoms with Gasteiger partial charge in [0.05, 0.1) is 16.7 Å². The number of rotatable bonds is 1. The fourth-order valence-corrected chi connectivity index (χ4v) is 3.30. The molecule has 1 saturated heterocycles. The highest BCUT2D eigenvalue weighted by Gasteiger charge is 2.33. The molecule has 8 heteroatoms. The van der Waals surface area contributed by atoms with Gasteiger partial charge >= 0.3 is 0 Å². The van der Waals surface area contributed by atoms with Crippen molar-refractivity contribution in [2.45, 2.75) is 12.5 Å². The maximum atomic E-state index is 11.5. The molecule has 1 fully saturated rings. The Morgan fingerprint density at radius 1 is 1.45 bits per heavy atom. The molecule has 1 aliphatic carbocycles. The maximum Gasteiger partial charge on any atom is 0.132 e. The van der Waals surface area contributed by atoms with Crippen LogP contribution in [0.1, 0.15) is 18.2 Å². The lowest BCUT2D eigenvalue weighted by molar-refractivity contribution is -0.241. The Morgan fingerprint density at radius 3 is 2.70 bits per heavy atom. The first-order valence-electron chi connectivity index (χ1n) is 5.78. The van der Waals surface area contributed by atoms with Crippen molar-refractivity contribution >= 4 is 40.8 Å². The molecule has 0 amide bonds. The van der Waals surface area contributed by atoms with Crippen LogP contribution in [-0.2, 0) is 0 Å². The fourth-order valence-electron chi connectivity index (χ4n) is 2.20. The molecule has 0 radical (unpaired) electrons. The van der Waals surface area contributed by atoms with Crippen LogP contribution in [0, 0.1) is 5.41 Å². The summed E-state index contributed by atoms with van der Waals surface area (Å²) in [5.41, 5.74) is 5.32. The average Bonchev–Trinajstić information content (AvgIpc) is 3.10. The van der Waals surface area contributed by atoms with Crippen LogP contribution < -0.4 is 10.5 Å². The Balaban J connectivity index is 1.99. The zero-order valence-electron chi connectivity index (χ0n) is 10.1. The zero-order chi connectivity index (χ0) is 14.3. The van der Waals surface area contributed by atoms with Crippen molar-refractivity contribution < 1.29 is 5.11 Å². The molecule has 0 bridgehead atoms. The Bertz CT molecular complexity index is 650. The third-order valence-electron chi connectivity index (χ3n) is 3.13. The van der Waals surface area contributed by atoms with Crippen molar-refractivity contribution in [2.24, 2.45) is 0 Å². The van der Waals surface area contributed by atoms with Gasteiger partial charge in [0.1, 0.15) is 10.4 Å². The molecule has 2 aliphatic rings. The quantitative estimate of drug-likeness (QED) is 0.613. The van der Waals surface area contributed by atoms with Crippen molar-refractivity contribution in [3.05, 3.63) is 50.6 Å². The minimum atomic E-state index is -0.836. The first-order chi connectivity index (χ1) is 9.58. The van der Waals surface area contributed by atoms with Gasteiger partial charge in [-0.15, -0.1) is 0 Å². The Hall–Kier alpha value is -1.50. The van der Waals surface area contributed by atoms with Gasteiger partial charge in [-0.25, -0.2) is 0 Å². The van der Waals surface area contributed by atoms with E-state index in [9.17, 15) is 5.11 Å². The van der Waals surface area contributed by atoms with Crippen LogP contribution >= 0.6 is 34.7 Å². The van der Waals surface area contributed by atoms with Crippen LogP contribution in [0.2, 0.25) is 9.36 Å². The van der Waals surface area contributed by atoms with Crippen molar-refractivity contribution in [3.8, 4) is 0 Å². The molecular weight excluding hydrogens is 319 g/mol. The summed E-state index contributed by atoms with van der Waals surface area (Å²) in [6.07, 6.45) is 8.22. The van der Waals surface area contributed by atoms with Crippen LogP contribution in [0.4, 0.5) is 0 Å². The second kappa shape index (κ2) is 5.12. The Morgan fingerprint density at radius 2 is 2.15 bits per heavy atom.